The quantitative estimate of drug-likeness (QED) is 0.513. The molecule has 1 amide bonds. The minimum atomic E-state index is -1.87. The molecule has 0 fully saturated rings. The van der Waals surface area contributed by atoms with Gasteiger partial charge in [0.1, 0.15) is 0 Å². The molecule has 0 saturated heterocycles. The molecule has 1 aliphatic rings. The Balaban J connectivity index is 2.75. The third-order valence-electron chi connectivity index (χ3n) is 4.68. The van der Waals surface area contributed by atoms with Crippen molar-refractivity contribution in [1.82, 2.24) is 0 Å². The van der Waals surface area contributed by atoms with E-state index in [1.807, 2.05) is 20.8 Å². The van der Waals surface area contributed by atoms with Crippen molar-refractivity contribution in [3.8, 4) is 0 Å². The molecule has 3 nitrogen and oxygen atoms in total. The number of alkyl halides is 3. The molecular formula is C21H24Cl3NO2. The first-order valence-electron chi connectivity index (χ1n) is 8.66. The first kappa shape index (κ1) is 22.1. The number of halogens is 3. The standard InChI is InChI=1S/C21H24Cl3NO2/c1-18(2,3)14-12-15(25-17(27)13-10-8-7-9-11-13)21(23,24)20(22,16(14)26)19(4,5)6/h7-12H,1-6H3/t20-/m1/s1. The third-order valence-corrected chi connectivity index (χ3v) is 6.85. The van der Waals surface area contributed by atoms with Crippen molar-refractivity contribution in [1.29, 1.82) is 0 Å². The zero-order valence-corrected chi connectivity index (χ0v) is 18.6. The lowest BCUT2D eigenvalue weighted by atomic mass is 9.65. The van der Waals surface area contributed by atoms with Crippen LogP contribution >= 0.6 is 34.8 Å². The van der Waals surface area contributed by atoms with Crippen LogP contribution in [-0.4, -0.2) is 26.6 Å². The minimum Gasteiger partial charge on any atom is -0.292 e. The van der Waals surface area contributed by atoms with E-state index in [2.05, 4.69) is 4.99 Å². The van der Waals surface area contributed by atoms with Crippen LogP contribution in [0.3, 0.4) is 0 Å². The van der Waals surface area contributed by atoms with Gasteiger partial charge in [-0.05, 0) is 29.0 Å². The van der Waals surface area contributed by atoms with Crippen LogP contribution < -0.4 is 0 Å². The van der Waals surface area contributed by atoms with Crippen molar-refractivity contribution in [2.24, 2.45) is 15.8 Å². The van der Waals surface area contributed by atoms with Crippen LogP contribution in [0.25, 0.3) is 0 Å². The lowest BCUT2D eigenvalue weighted by molar-refractivity contribution is -0.121. The number of benzene rings is 1. The van der Waals surface area contributed by atoms with Gasteiger partial charge in [-0.15, -0.1) is 11.6 Å². The van der Waals surface area contributed by atoms with E-state index in [1.165, 1.54) is 6.08 Å². The monoisotopic (exact) mass is 427 g/mol. The van der Waals surface area contributed by atoms with Crippen LogP contribution in [0.4, 0.5) is 0 Å². The molecule has 0 bridgehead atoms. The summed E-state index contributed by atoms with van der Waals surface area (Å²) in [6, 6.07) is 8.58. The Hall–Kier alpha value is -1.16. The SMILES string of the molecule is CC(C)(C)C1=CC(=NC(=O)c2ccccc2)C(Cl)(Cl)[C@](Cl)(C(C)(C)C)C1=O. The second-order valence-corrected chi connectivity index (χ2v) is 10.7. The Kier molecular flexibility index (Phi) is 5.76. The van der Waals surface area contributed by atoms with Crippen molar-refractivity contribution in [2.75, 3.05) is 0 Å². The Morgan fingerprint density at radius 2 is 1.48 bits per heavy atom. The number of amides is 1. The third kappa shape index (κ3) is 3.74. The highest BCUT2D eigenvalue weighted by molar-refractivity contribution is 6.69. The maximum absolute atomic E-state index is 13.3. The Morgan fingerprint density at radius 1 is 0.963 bits per heavy atom. The van der Waals surface area contributed by atoms with E-state index < -0.39 is 25.9 Å². The van der Waals surface area contributed by atoms with Crippen LogP contribution in [0.2, 0.25) is 0 Å². The zero-order chi connectivity index (χ0) is 20.8. The molecule has 0 saturated carbocycles. The van der Waals surface area contributed by atoms with Crippen LogP contribution in [0, 0.1) is 10.8 Å². The molecule has 0 radical (unpaired) electrons. The van der Waals surface area contributed by atoms with Gasteiger partial charge < -0.3 is 0 Å². The summed E-state index contributed by atoms with van der Waals surface area (Å²) in [5.74, 6) is -0.844. The van der Waals surface area contributed by atoms with Gasteiger partial charge in [0, 0.05) is 11.1 Å². The number of carbonyl (C=O) groups excluding carboxylic acids is 2. The fraction of sp³-hybridized carbons (Fsp3) is 0.476. The maximum atomic E-state index is 13.3. The van der Waals surface area contributed by atoms with Crippen LogP contribution in [0.1, 0.15) is 51.9 Å². The van der Waals surface area contributed by atoms with Crippen molar-refractivity contribution in [3.63, 3.8) is 0 Å². The van der Waals surface area contributed by atoms with Gasteiger partial charge in [0.15, 0.2) is 15.0 Å². The average molecular weight is 429 g/mol. The van der Waals surface area contributed by atoms with E-state index >= 15 is 0 Å². The van der Waals surface area contributed by atoms with Gasteiger partial charge in [0.25, 0.3) is 5.91 Å². The molecule has 1 aliphatic carbocycles. The number of hydrogen-bond donors (Lipinski definition) is 0. The van der Waals surface area contributed by atoms with E-state index in [9.17, 15) is 9.59 Å². The van der Waals surface area contributed by atoms with E-state index in [0.717, 1.165) is 0 Å². The number of carbonyl (C=O) groups is 2. The number of rotatable bonds is 1. The minimum absolute atomic E-state index is 0.0779. The Labute approximate surface area is 175 Å². The van der Waals surface area contributed by atoms with Gasteiger partial charge >= 0.3 is 0 Å². The highest BCUT2D eigenvalue weighted by Gasteiger charge is 2.66. The molecule has 0 unspecified atom stereocenters. The van der Waals surface area contributed by atoms with Crippen molar-refractivity contribution >= 4 is 52.2 Å². The summed E-state index contributed by atoms with van der Waals surface area (Å²) in [7, 11) is 0. The summed E-state index contributed by atoms with van der Waals surface area (Å²) >= 11 is 20.2. The number of Topliss-reactive ketones (excluding diaryl/α,β-unsaturated/α-hetero) is 1. The molecule has 0 N–H and O–H groups in total. The number of hydrogen-bond acceptors (Lipinski definition) is 2. The average Bonchev–Trinajstić information content (AvgIpc) is 2.54. The first-order valence-corrected chi connectivity index (χ1v) is 9.79. The molecule has 1 aromatic rings. The molecule has 27 heavy (non-hydrogen) atoms. The van der Waals surface area contributed by atoms with Gasteiger partial charge in [-0.2, -0.15) is 0 Å². The normalized spacial score (nSPS) is 24.7. The summed E-state index contributed by atoms with van der Waals surface area (Å²) in [5, 5.41) is 0. The van der Waals surface area contributed by atoms with Crippen LogP contribution in [0.15, 0.2) is 47.0 Å². The highest BCUT2D eigenvalue weighted by Crippen LogP contribution is 2.56. The van der Waals surface area contributed by atoms with Crippen molar-refractivity contribution in [2.45, 2.75) is 50.7 Å². The molecule has 2 rings (SSSR count). The fourth-order valence-corrected chi connectivity index (χ4v) is 4.15. The largest absolute Gasteiger partial charge is 0.292 e. The predicted molar refractivity (Wildman–Crippen MR) is 113 cm³/mol. The number of ketones is 1. The molecule has 1 atom stereocenters. The number of nitrogens with zero attached hydrogens (tertiary/aromatic N) is 1. The van der Waals surface area contributed by atoms with Gasteiger partial charge in [0.05, 0.1) is 5.71 Å². The van der Waals surface area contributed by atoms with Gasteiger partial charge in [-0.3, -0.25) is 9.59 Å². The zero-order valence-electron chi connectivity index (χ0n) is 16.4. The van der Waals surface area contributed by atoms with Gasteiger partial charge in [-0.1, -0.05) is 82.9 Å². The van der Waals surface area contributed by atoms with E-state index in [1.54, 1.807) is 51.1 Å². The topological polar surface area (TPSA) is 46.5 Å². The summed E-state index contributed by atoms with van der Waals surface area (Å²) in [6.45, 7) is 11.0. The van der Waals surface area contributed by atoms with E-state index in [-0.39, 0.29) is 11.5 Å². The second-order valence-electron chi connectivity index (χ2n) is 8.79. The molecule has 0 heterocycles. The Bertz CT molecular complexity index is 827. The summed E-state index contributed by atoms with van der Waals surface area (Å²) in [4.78, 5) is 28.5. The Morgan fingerprint density at radius 3 is 1.93 bits per heavy atom. The molecule has 0 aromatic heterocycles. The molecule has 0 spiro atoms. The maximum Gasteiger partial charge on any atom is 0.277 e. The van der Waals surface area contributed by atoms with Crippen LogP contribution in [0.5, 0.6) is 0 Å². The predicted octanol–water partition coefficient (Wildman–Crippen LogP) is 6.02. The van der Waals surface area contributed by atoms with Gasteiger partial charge in [-0.25, -0.2) is 4.99 Å². The van der Waals surface area contributed by atoms with Crippen LogP contribution in [-0.2, 0) is 4.79 Å². The summed E-state index contributed by atoms with van der Waals surface area (Å²) in [5.41, 5.74) is -0.412. The van der Waals surface area contributed by atoms with Gasteiger partial charge in [0.2, 0.25) is 0 Å². The summed E-state index contributed by atoms with van der Waals surface area (Å²) in [6.07, 6.45) is 1.51. The molecule has 6 heteroatoms. The summed E-state index contributed by atoms with van der Waals surface area (Å²) < 4.78 is -1.87. The first-order chi connectivity index (χ1) is 12.1. The van der Waals surface area contributed by atoms with Crippen molar-refractivity contribution in [3.05, 3.63) is 47.5 Å². The number of aliphatic imine (C=N–C) groups is 1. The van der Waals surface area contributed by atoms with E-state index in [4.69, 9.17) is 34.8 Å². The molecule has 146 valence electrons. The second kappa shape index (κ2) is 7.02. The molecular weight excluding hydrogens is 405 g/mol. The number of allylic oxidation sites excluding steroid dienone is 2. The smallest absolute Gasteiger partial charge is 0.277 e. The molecule has 0 aliphatic heterocycles. The lowest BCUT2D eigenvalue weighted by Crippen LogP contribution is -2.63. The molecule has 1 aromatic carbocycles. The lowest BCUT2D eigenvalue weighted by Gasteiger charge is -2.49. The fourth-order valence-electron chi connectivity index (χ4n) is 3.02. The van der Waals surface area contributed by atoms with Crippen molar-refractivity contribution < 1.29 is 9.59 Å². The van der Waals surface area contributed by atoms with E-state index in [0.29, 0.717) is 11.1 Å². The highest BCUT2D eigenvalue weighted by atomic mass is 35.5.